The van der Waals surface area contributed by atoms with Gasteiger partial charge in [-0.15, -0.1) is 11.3 Å². The molecule has 19 heavy (non-hydrogen) atoms. The molecule has 0 aromatic carbocycles. The van der Waals surface area contributed by atoms with Crippen LogP contribution in [-0.2, 0) is 0 Å². The minimum Gasteiger partial charge on any atom is -0.357 e. The second-order valence-corrected chi connectivity index (χ2v) is 5.79. The Balaban J connectivity index is 2.29. The van der Waals surface area contributed by atoms with Crippen molar-refractivity contribution in [2.45, 2.75) is 19.4 Å². The van der Waals surface area contributed by atoms with Crippen molar-refractivity contribution in [2.75, 3.05) is 5.32 Å². The quantitative estimate of drug-likeness (QED) is 0.647. The summed E-state index contributed by atoms with van der Waals surface area (Å²) in [6.45, 7) is 2.03. The molecule has 0 spiro atoms. The van der Waals surface area contributed by atoms with E-state index in [1.54, 1.807) is 17.5 Å². The van der Waals surface area contributed by atoms with E-state index in [0.717, 1.165) is 11.3 Å². The highest BCUT2D eigenvalue weighted by molar-refractivity contribution is 9.10. The van der Waals surface area contributed by atoms with Crippen LogP contribution in [0.25, 0.3) is 0 Å². The normalized spacial score (nSPS) is 12.1. The molecule has 2 rings (SSSR count). The summed E-state index contributed by atoms with van der Waals surface area (Å²) in [7, 11) is 0. The van der Waals surface area contributed by atoms with Crippen molar-refractivity contribution in [2.24, 2.45) is 0 Å². The molecule has 0 aliphatic carbocycles. The number of nitrogens with one attached hydrogen (secondary N) is 1. The SMILES string of the molecule is CCC(Nc1ncc(Br)cc1[N+](=O)[O-])c1cccs1. The van der Waals surface area contributed by atoms with Crippen molar-refractivity contribution in [3.8, 4) is 0 Å². The molecule has 0 amide bonds. The van der Waals surface area contributed by atoms with E-state index in [1.807, 2.05) is 24.4 Å². The summed E-state index contributed by atoms with van der Waals surface area (Å²) >= 11 is 4.82. The Bertz CT molecular complexity index is 574. The fourth-order valence-electron chi connectivity index (χ4n) is 1.71. The highest BCUT2D eigenvalue weighted by atomic mass is 79.9. The lowest BCUT2D eigenvalue weighted by atomic mass is 10.2. The summed E-state index contributed by atoms with van der Waals surface area (Å²) in [5.41, 5.74) is -0.0237. The van der Waals surface area contributed by atoms with Crippen LogP contribution in [0.1, 0.15) is 24.3 Å². The molecule has 2 heterocycles. The number of hydrogen-bond donors (Lipinski definition) is 1. The molecule has 7 heteroatoms. The van der Waals surface area contributed by atoms with Crippen molar-refractivity contribution in [3.63, 3.8) is 0 Å². The Morgan fingerprint density at radius 3 is 3.00 bits per heavy atom. The third kappa shape index (κ3) is 3.30. The summed E-state index contributed by atoms with van der Waals surface area (Å²) in [6, 6.07) is 5.47. The lowest BCUT2D eigenvalue weighted by Gasteiger charge is -2.16. The molecular formula is C12H12BrN3O2S. The van der Waals surface area contributed by atoms with Gasteiger partial charge in [-0.05, 0) is 33.8 Å². The van der Waals surface area contributed by atoms with Crippen LogP contribution >= 0.6 is 27.3 Å². The molecule has 0 bridgehead atoms. The van der Waals surface area contributed by atoms with Crippen LogP contribution in [0.2, 0.25) is 0 Å². The van der Waals surface area contributed by atoms with Gasteiger partial charge in [-0.3, -0.25) is 10.1 Å². The molecule has 0 saturated carbocycles. The predicted octanol–water partition coefficient (Wildman–Crippen LogP) is 4.38. The lowest BCUT2D eigenvalue weighted by Crippen LogP contribution is -2.11. The van der Waals surface area contributed by atoms with Gasteiger partial charge in [-0.25, -0.2) is 4.98 Å². The van der Waals surface area contributed by atoms with Gasteiger partial charge in [-0.1, -0.05) is 13.0 Å². The van der Waals surface area contributed by atoms with Crippen LogP contribution in [0.4, 0.5) is 11.5 Å². The van der Waals surface area contributed by atoms with Crippen LogP contribution in [-0.4, -0.2) is 9.91 Å². The zero-order chi connectivity index (χ0) is 13.8. The molecule has 5 nitrogen and oxygen atoms in total. The van der Waals surface area contributed by atoms with Crippen molar-refractivity contribution < 1.29 is 4.92 Å². The van der Waals surface area contributed by atoms with Gasteiger partial charge in [0.2, 0.25) is 5.82 Å². The van der Waals surface area contributed by atoms with Crippen LogP contribution in [0.5, 0.6) is 0 Å². The van der Waals surface area contributed by atoms with Crippen molar-refractivity contribution in [1.82, 2.24) is 4.98 Å². The summed E-state index contributed by atoms with van der Waals surface area (Å²) in [6.07, 6.45) is 2.38. The average molecular weight is 342 g/mol. The third-order valence-corrected chi connectivity index (χ3v) is 4.06. The maximum atomic E-state index is 11.0. The number of anilines is 1. The second kappa shape index (κ2) is 6.12. The summed E-state index contributed by atoms with van der Waals surface area (Å²) in [5, 5.41) is 16.2. The number of pyridine rings is 1. The van der Waals surface area contributed by atoms with E-state index in [-0.39, 0.29) is 11.7 Å². The Kier molecular flexibility index (Phi) is 4.49. The maximum Gasteiger partial charge on any atom is 0.312 e. The molecule has 2 aromatic heterocycles. The fraction of sp³-hybridized carbons (Fsp3) is 0.250. The van der Waals surface area contributed by atoms with Gasteiger partial charge in [0.15, 0.2) is 0 Å². The average Bonchev–Trinajstić information content (AvgIpc) is 2.90. The van der Waals surface area contributed by atoms with Crippen LogP contribution in [0.3, 0.4) is 0 Å². The van der Waals surface area contributed by atoms with Crippen LogP contribution in [0.15, 0.2) is 34.2 Å². The van der Waals surface area contributed by atoms with Gasteiger partial charge >= 0.3 is 5.69 Å². The van der Waals surface area contributed by atoms with E-state index in [0.29, 0.717) is 10.3 Å². The van der Waals surface area contributed by atoms with Crippen LogP contribution < -0.4 is 5.32 Å². The highest BCUT2D eigenvalue weighted by Gasteiger charge is 2.19. The molecular weight excluding hydrogens is 330 g/mol. The summed E-state index contributed by atoms with van der Waals surface area (Å²) in [5.74, 6) is 0.299. The first-order valence-electron chi connectivity index (χ1n) is 5.71. The Hall–Kier alpha value is -1.47. The van der Waals surface area contributed by atoms with Crippen LogP contribution in [0, 0.1) is 10.1 Å². The number of thiophene rings is 1. The minimum absolute atomic E-state index is 0.0237. The summed E-state index contributed by atoms with van der Waals surface area (Å²) in [4.78, 5) is 15.9. The molecule has 1 atom stereocenters. The largest absolute Gasteiger partial charge is 0.357 e. The number of halogens is 1. The first-order chi connectivity index (χ1) is 9.11. The van der Waals surface area contributed by atoms with Gasteiger partial charge in [-0.2, -0.15) is 0 Å². The van der Waals surface area contributed by atoms with Gasteiger partial charge in [0, 0.05) is 21.6 Å². The Morgan fingerprint density at radius 1 is 1.63 bits per heavy atom. The number of nitro groups is 1. The molecule has 1 unspecified atom stereocenters. The molecule has 0 aliphatic rings. The number of nitrogens with zero attached hydrogens (tertiary/aromatic N) is 2. The number of rotatable bonds is 5. The standard InChI is InChI=1S/C12H12BrN3O2S/c1-2-9(11-4-3-5-19-11)15-12-10(16(17)18)6-8(13)7-14-12/h3-7,9H,2H2,1H3,(H,14,15). The van der Waals surface area contributed by atoms with Gasteiger partial charge in [0.1, 0.15) is 0 Å². The number of hydrogen-bond acceptors (Lipinski definition) is 5. The third-order valence-electron chi connectivity index (χ3n) is 2.64. The first-order valence-corrected chi connectivity index (χ1v) is 7.39. The number of aromatic nitrogens is 1. The Morgan fingerprint density at radius 2 is 2.42 bits per heavy atom. The van der Waals surface area contributed by atoms with Gasteiger partial charge in [0.25, 0.3) is 0 Å². The zero-order valence-electron chi connectivity index (χ0n) is 10.2. The maximum absolute atomic E-state index is 11.0. The van der Waals surface area contributed by atoms with Crippen molar-refractivity contribution >= 4 is 38.8 Å². The Labute approximate surface area is 123 Å². The molecule has 0 radical (unpaired) electrons. The van der Waals surface area contributed by atoms with Crippen molar-refractivity contribution in [1.29, 1.82) is 0 Å². The van der Waals surface area contributed by atoms with Crippen molar-refractivity contribution in [3.05, 3.63) is 49.2 Å². The molecule has 0 saturated heterocycles. The van der Waals surface area contributed by atoms with E-state index in [1.165, 1.54) is 6.07 Å². The van der Waals surface area contributed by atoms with E-state index < -0.39 is 4.92 Å². The fourth-order valence-corrected chi connectivity index (χ4v) is 2.89. The molecule has 100 valence electrons. The lowest BCUT2D eigenvalue weighted by molar-refractivity contribution is -0.384. The molecule has 1 N–H and O–H groups in total. The second-order valence-electron chi connectivity index (χ2n) is 3.90. The monoisotopic (exact) mass is 341 g/mol. The smallest absolute Gasteiger partial charge is 0.312 e. The first kappa shape index (κ1) is 14.0. The topological polar surface area (TPSA) is 68.1 Å². The zero-order valence-corrected chi connectivity index (χ0v) is 12.6. The summed E-state index contributed by atoms with van der Waals surface area (Å²) < 4.78 is 0.592. The minimum atomic E-state index is -0.429. The predicted molar refractivity (Wildman–Crippen MR) is 79.6 cm³/mol. The van der Waals surface area contributed by atoms with E-state index >= 15 is 0 Å². The van der Waals surface area contributed by atoms with Gasteiger partial charge in [0.05, 0.1) is 11.0 Å². The highest BCUT2D eigenvalue weighted by Crippen LogP contribution is 2.31. The van der Waals surface area contributed by atoms with E-state index in [9.17, 15) is 10.1 Å². The molecule has 0 aliphatic heterocycles. The van der Waals surface area contributed by atoms with E-state index in [4.69, 9.17) is 0 Å². The molecule has 0 fully saturated rings. The van der Waals surface area contributed by atoms with E-state index in [2.05, 4.69) is 26.2 Å². The molecule has 2 aromatic rings. The van der Waals surface area contributed by atoms with Gasteiger partial charge < -0.3 is 5.32 Å².